The van der Waals surface area contributed by atoms with Crippen molar-refractivity contribution in [1.29, 1.82) is 0 Å². The lowest BCUT2D eigenvalue weighted by Crippen LogP contribution is -2.45. The van der Waals surface area contributed by atoms with E-state index in [2.05, 4.69) is 33.1 Å². The van der Waals surface area contributed by atoms with Crippen molar-refractivity contribution in [3.8, 4) is 0 Å². The highest BCUT2D eigenvalue weighted by Crippen LogP contribution is 2.41. The van der Waals surface area contributed by atoms with Crippen molar-refractivity contribution in [3.05, 3.63) is 0 Å². The molecule has 0 saturated heterocycles. The Morgan fingerprint density at radius 3 is 2.62 bits per heavy atom. The molecular formula is C14H28BN. The molecule has 3 unspecified atom stereocenters. The molecule has 0 bridgehead atoms. The van der Waals surface area contributed by atoms with E-state index in [1.807, 2.05) is 0 Å². The molecule has 1 aliphatic rings. The van der Waals surface area contributed by atoms with Gasteiger partial charge >= 0.3 is 0 Å². The fraction of sp³-hybridized carbons (Fsp3) is 1.00. The first kappa shape index (κ1) is 14.1. The fourth-order valence-electron chi connectivity index (χ4n) is 3.26. The van der Waals surface area contributed by atoms with Crippen LogP contribution in [0.1, 0.15) is 59.3 Å². The van der Waals surface area contributed by atoms with Gasteiger partial charge in [0.15, 0.2) is 0 Å². The summed E-state index contributed by atoms with van der Waals surface area (Å²) in [5, 5.41) is 3.59. The van der Waals surface area contributed by atoms with E-state index in [-0.39, 0.29) is 0 Å². The molecule has 0 spiro atoms. The fourth-order valence-corrected chi connectivity index (χ4v) is 3.26. The minimum atomic E-state index is 0.381. The molecular weight excluding hydrogens is 193 g/mol. The number of nitrogens with one attached hydrogen (secondary N) is 1. The first-order chi connectivity index (χ1) is 7.55. The lowest BCUT2D eigenvalue weighted by Gasteiger charge is -2.35. The molecule has 0 heterocycles. The molecule has 0 aromatic rings. The maximum Gasteiger partial charge on any atom is 0.0703 e. The highest BCUT2D eigenvalue weighted by Gasteiger charge is 2.39. The van der Waals surface area contributed by atoms with Crippen LogP contribution in [0, 0.1) is 11.8 Å². The van der Waals surface area contributed by atoms with Gasteiger partial charge in [-0.1, -0.05) is 45.3 Å². The van der Waals surface area contributed by atoms with Crippen molar-refractivity contribution in [2.45, 2.75) is 70.7 Å². The monoisotopic (exact) mass is 221 g/mol. The van der Waals surface area contributed by atoms with Gasteiger partial charge in [0, 0.05) is 5.54 Å². The molecule has 1 fully saturated rings. The Balaban J connectivity index is 2.47. The van der Waals surface area contributed by atoms with E-state index in [0.29, 0.717) is 17.3 Å². The van der Waals surface area contributed by atoms with Crippen molar-refractivity contribution in [1.82, 2.24) is 5.32 Å². The molecule has 2 heteroatoms. The molecule has 3 atom stereocenters. The van der Waals surface area contributed by atoms with Crippen molar-refractivity contribution in [2.24, 2.45) is 11.8 Å². The van der Waals surface area contributed by atoms with Crippen molar-refractivity contribution >= 4 is 7.85 Å². The van der Waals surface area contributed by atoms with Gasteiger partial charge in [-0.25, -0.2) is 0 Å². The Morgan fingerprint density at radius 2 is 2.12 bits per heavy atom. The summed E-state index contributed by atoms with van der Waals surface area (Å²) >= 11 is 0. The normalized spacial score (nSPS) is 32.2. The van der Waals surface area contributed by atoms with Crippen LogP contribution in [0.2, 0.25) is 5.82 Å². The van der Waals surface area contributed by atoms with Crippen LogP contribution < -0.4 is 5.32 Å². The van der Waals surface area contributed by atoms with Crippen LogP contribution in [0.5, 0.6) is 0 Å². The smallest absolute Gasteiger partial charge is 0.0703 e. The molecule has 92 valence electrons. The molecule has 0 aliphatic heterocycles. The molecule has 1 saturated carbocycles. The summed E-state index contributed by atoms with van der Waals surface area (Å²) in [6, 6.07) is 0. The molecule has 1 nitrogen and oxygen atoms in total. The second kappa shape index (κ2) is 6.09. The summed E-state index contributed by atoms with van der Waals surface area (Å²) < 4.78 is 0. The topological polar surface area (TPSA) is 12.0 Å². The number of hydrogen-bond acceptors (Lipinski definition) is 1. The van der Waals surface area contributed by atoms with Gasteiger partial charge in [-0.3, -0.25) is 0 Å². The van der Waals surface area contributed by atoms with E-state index in [4.69, 9.17) is 7.85 Å². The Labute approximate surface area is 103 Å². The van der Waals surface area contributed by atoms with E-state index in [9.17, 15) is 0 Å². The van der Waals surface area contributed by atoms with Crippen molar-refractivity contribution in [3.63, 3.8) is 0 Å². The van der Waals surface area contributed by atoms with Crippen molar-refractivity contribution in [2.75, 3.05) is 7.05 Å². The highest BCUT2D eigenvalue weighted by atomic mass is 15.0. The summed E-state index contributed by atoms with van der Waals surface area (Å²) in [6.07, 6.45) is 7.86. The summed E-state index contributed by atoms with van der Waals surface area (Å²) in [5.41, 5.74) is 0.413. The molecule has 0 aromatic heterocycles. The van der Waals surface area contributed by atoms with Crippen LogP contribution in [-0.2, 0) is 0 Å². The second-order valence-electron chi connectivity index (χ2n) is 5.83. The van der Waals surface area contributed by atoms with Gasteiger partial charge in [-0.05, 0) is 38.6 Å². The van der Waals surface area contributed by atoms with Gasteiger partial charge in [0.1, 0.15) is 0 Å². The summed E-state index contributed by atoms with van der Waals surface area (Å²) in [6.45, 7) is 6.77. The molecule has 0 amide bonds. The minimum Gasteiger partial charge on any atom is -0.314 e. The summed E-state index contributed by atoms with van der Waals surface area (Å²) in [7, 11) is 8.27. The molecule has 1 N–H and O–H groups in total. The lowest BCUT2D eigenvalue weighted by atomic mass is 9.72. The third-order valence-corrected chi connectivity index (χ3v) is 4.79. The van der Waals surface area contributed by atoms with Crippen LogP contribution in [0.4, 0.5) is 0 Å². The van der Waals surface area contributed by atoms with Crippen LogP contribution >= 0.6 is 0 Å². The third kappa shape index (κ3) is 3.03. The van der Waals surface area contributed by atoms with Crippen molar-refractivity contribution < 1.29 is 0 Å². The Bertz CT molecular complexity index is 199. The maximum absolute atomic E-state index is 6.15. The van der Waals surface area contributed by atoms with Gasteiger partial charge in [-0.15, -0.1) is 0 Å². The number of rotatable bonds is 6. The quantitative estimate of drug-likeness (QED) is 0.676. The van der Waals surface area contributed by atoms with E-state index in [1.54, 1.807) is 0 Å². The van der Waals surface area contributed by atoms with E-state index >= 15 is 0 Å². The SMILES string of the molecule is [B]C(CCC1CCCC1(CC)NC)C(C)C. The summed E-state index contributed by atoms with van der Waals surface area (Å²) in [5.74, 6) is 1.84. The predicted molar refractivity (Wildman–Crippen MR) is 73.0 cm³/mol. The van der Waals surface area contributed by atoms with Gasteiger partial charge < -0.3 is 5.32 Å². The second-order valence-corrected chi connectivity index (χ2v) is 5.83. The third-order valence-electron chi connectivity index (χ3n) is 4.79. The Hall–Kier alpha value is 0.0249. The predicted octanol–water partition coefficient (Wildman–Crippen LogP) is 3.55. The molecule has 1 rings (SSSR count). The van der Waals surface area contributed by atoms with Gasteiger partial charge in [0.25, 0.3) is 0 Å². The standard InChI is InChI=1S/C14H28BN/c1-5-14(16-4)10-6-7-12(14)8-9-13(15)11(2)3/h11-13,16H,5-10H2,1-4H3. The zero-order valence-electron chi connectivity index (χ0n) is 11.6. The zero-order valence-corrected chi connectivity index (χ0v) is 11.6. The number of hydrogen-bond donors (Lipinski definition) is 1. The van der Waals surface area contributed by atoms with Gasteiger partial charge in [0.05, 0.1) is 7.85 Å². The average molecular weight is 221 g/mol. The molecule has 1 aliphatic carbocycles. The summed E-state index contributed by atoms with van der Waals surface area (Å²) in [4.78, 5) is 0. The largest absolute Gasteiger partial charge is 0.314 e. The van der Waals surface area contributed by atoms with Crippen LogP contribution in [0.3, 0.4) is 0 Å². The highest BCUT2D eigenvalue weighted by molar-refractivity contribution is 6.11. The Morgan fingerprint density at radius 1 is 1.44 bits per heavy atom. The van der Waals surface area contributed by atoms with E-state index in [1.165, 1.54) is 38.5 Å². The zero-order chi connectivity index (χ0) is 12.2. The van der Waals surface area contributed by atoms with Crippen LogP contribution in [0.25, 0.3) is 0 Å². The molecule has 0 aromatic carbocycles. The molecule has 2 radical (unpaired) electrons. The van der Waals surface area contributed by atoms with Crippen LogP contribution in [-0.4, -0.2) is 20.4 Å². The molecule has 16 heavy (non-hydrogen) atoms. The van der Waals surface area contributed by atoms with Gasteiger partial charge in [-0.2, -0.15) is 0 Å². The van der Waals surface area contributed by atoms with Crippen LogP contribution in [0.15, 0.2) is 0 Å². The Kier molecular flexibility index (Phi) is 5.36. The first-order valence-electron chi connectivity index (χ1n) is 7.00. The van der Waals surface area contributed by atoms with Gasteiger partial charge in [0.2, 0.25) is 0 Å². The van der Waals surface area contributed by atoms with E-state index in [0.717, 1.165) is 5.92 Å². The first-order valence-corrected chi connectivity index (χ1v) is 7.00. The average Bonchev–Trinajstić information content (AvgIpc) is 2.69. The minimum absolute atomic E-state index is 0.381. The lowest BCUT2D eigenvalue weighted by molar-refractivity contribution is 0.232. The van der Waals surface area contributed by atoms with E-state index < -0.39 is 0 Å². The maximum atomic E-state index is 6.15.